The van der Waals surface area contributed by atoms with Crippen LogP contribution in [0, 0.1) is 0 Å². The van der Waals surface area contributed by atoms with E-state index in [0.717, 1.165) is 5.06 Å². The van der Waals surface area contributed by atoms with Crippen molar-refractivity contribution >= 4 is 5.91 Å². The zero-order valence-corrected chi connectivity index (χ0v) is 11.0. The van der Waals surface area contributed by atoms with E-state index in [1.165, 1.54) is 21.3 Å². The van der Waals surface area contributed by atoms with Crippen LogP contribution in [0.25, 0.3) is 0 Å². The molecule has 0 fully saturated rings. The fourth-order valence-corrected chi connectivity index (χ4v) is 1.64. The van der Waals surface area contributed by atoms with Gasteiger partial charge in [-0.2, -0.15) is 0 Å². The van der Waals surface area contributed by atoms with Gasteiger partial charge in [-0.1, -0.05) is 0 Å². The Balaban J connectivity index is 2.41. The van der Waals surface area contributed by atoms with Gasteiger partial charge in [0.25, 0.3) is 5.91 Å². The Morgan fingerprint density at radius 2 is 2.16 bits per heavy atom. The number of hydroxylamine groups is 2. The molecule has 1 aromatic carbocycles. The van der Waals surface area contributed by atoms with Gasteiger partial charge in [0.15, 0.2) is 18.3 Å². The van der Waals surface area contributed by atoms with Crippen molar-refractivity contribution in [3.8, 4) is 17.2 Å². The van der Waals surface area contributed by atoms with Gasteiger partial charge in [-0.3, -0.25) is 9.63 Å². The number of nitrogens with zero attached hydrogens (tertiary/aromatic N) is 1. The molecule has 1 amide bonds. The van der Waals surface area contributed by atoms with E-state index in [1.54, 1.807) is 12.1 Å². The van der Waals surface area contributed by atoms with Crippen molar-refractivity contribution in [3.63, 3.8) is 0 Å². The highest BCUT2D eigenvalue weighted by atomic mass is 16.7. The number of methoxy groups -OCH3 is 1. The SMILES string of the molecule is COCOc1ccc2c(c1C(=O)N(C)OC)OCO2. The summed E-state index contributed by atoms with van der Waals surface area (Å²) in [5.41, 5.74) is 0.247. The maximum atomic E-state index is 12.3. The van der Waals surface area contributed by atoms with Crippen molar-refractivity contribution in [1.29, 1.82) is 0 Å². The van der Waals surface area contributed by atoms with Crippen LogP contribution in [0.1, 0.15) is 10.4 Å². The summed E-state index contributed by atoms with van der Waals surface area (Å²) in [6.07, 6.45) is 0. The van der Waals surface area contributed by atoms with Crippen LogP contribution in [0.4, 0.5) is 0 Å². The Hall–Kier alpha value is -1.99. The summed E-state index contributed by atoms with van der Waals surface area (Å²) < 4.78 is 20.8. The second kappa shape index (κ2) is 5.77. The highest BCUT2D eigenvalue weighted by Gasteiger charge is 2.29. The number of ether oxygens (including phenoxy) is 4. The maximum Gasteiger partial charge on any atom is 0.284 e. The molecule has 0 saturated heterocycles. The lowest BCUT2D eigenvalue weighted by molar-refractivity contribution is -0.0761. The lowest BCUT2D eigenvalue weighted by atomic mass is 10.1. The van der Waals surface area contributed by atoms with Gasteiger partial charge in [0.2, 0.25) is 6.79 Å². The minimum Gasteiger partial charge on any atom is -0.467 e. The third-order valence-electron chi connectivity index (χ3n) is 2.61. The highest BCUT2D eigenvalue weighted by molar-refractivity contribution is 6.00. The van der Waals surface area contributed by atoms with E-state index < -0.39 is 5.91 Å². The van der Waals surface area contributed by atoms with Gasteiger partial charge in [0.1, 0.15) is 11.3 Å². The van der Waals surface area contributed by atoms with Crippen LogP contribution >= 0.6 is 0 Å². The summed E-state index contributed by atoms with van der Waals surface area (Å²) in [6.45, 7) is 0.0939. The number of carbonyl (C=O) groups excluding carboxylic acids is 1. The zero-order valence-electron chi connectivity index (χ0n) is 11.0. The molecule has 104 valence electrons. The zero-order chi connectivity index (χ0) is 13.8. The first kappa shape index (κ1) is 13.4. The minimum atomic E-state index is -0.393. The summed E-state index contributed by atoms with van der Waals surface area (Å²) in [4.78, 5) is 17.2. The fraction of sp³-hybridized carbons (Fsp3) is 0.417. The van der Waals surface area contributed by atoms with Gasteiger partial charge in [0, 0.05) is 14.2 Å². The largest absolute Gasteiger partial charge is 0.467 e. The molecule has 2 rings (SSSR count). The summed E-state index contributed by atoms with van der Waals surface area (Å²) >= 11 is 0. The summed E-state index contributed by atoms with van der Waals surface area (Å²) in [5, 5.41) is 1.08. The van der Waals surface area contributed by atoms with E-state index in [-0.39, 0.29) is 19.1 Å². The van der Waals surface area contributed by atoms with E-state index in [0.29, 0.717) is 17.2 Å². The predicted molar refractivity (Wildman–Crippen MR) is 64.2 cm³/mol. The van der Waals surface area contributed by atoms with Gasteiger partial charge < -0.3 is 18.9 Å². The van der Waals surface area contributed by atoms with Crippen molar-refractivity contribution in [3.05, 3.63) is 17.7 Å². The quantitative estimate of drug-likeness (QED) is 0.587. The lowest BCUT2D eigenvalue weighted by Crippen LogP contribution is -2.26. The number of carbonyl (C=O) groups is 1. The Kier molecular flexibility index (Phi) is 4.08. The first-order valence-corrected chi connectivity index (χ1v) is 5.55. The van der Waals surface area contributed by atoms with Gasteiger partial charge in [-0.25, -0.2) is 5.06 Å². The molecule has 0 saturated carbocycles. The van der Waals surface area contributed by atoms with Gasteiger partial charge in [-0.05, 0) is 12.1 Å². The van der Waals surface area contributed by atoms with Crippen molar-refractivity contribution < 1.29 is 28.6 Å². The second-order valence-corrected chi connectivity index (χ2v) is 3.71. The topological polar surface area (TPSA) is 66.5 Å². The molecule has 0 aliphatic carbocycles. The lowest BCUT2D eigenvalue weighted by Gasteiger charge is -2.17. The molecular formula is C12H15NO6. The smallest absolute Gasteiger partial charge is 0.284 e. The van der Waals surface area contributed by atoms with Crippen LogP contribution in [0.2, 0.25) is 0 Å². The number of amides is 1. The average Bonchev–Trinajstić information content (AvgIpc) is 2.91. The second-order valence-electron chi connectivity index (χ2n) is 3.71. The van der Waals surface area contributed by atoms with Crippen molar-refractivity contribution in [1.82, 2.24) is 5.06 Å². The highest BCUT2D eigenvalue weighted by Crippen LogP contribution is 2.41. The van der Waals surface area contributed by atoms with Crippen LogP contribution in [0.5, 0.6) is 17.2 Å². The molecule has 1 aromatic rings. The first-order chi connectivity index (χ1) is 9.19. The first-order valence-electron chi connectivity index (χ1n) is 5.55. The molecule has 7 heteroatoms. The summed E-state index contributed by atoms with van der Waals surface area (Å²) in [7, 11) is 4.39. The Labute approximate surface area is 110 Å². The molecule has 0 N–H and O–H groups in total. The van der Waals surface area contributed by atoms with E-state index in [4.69, 9.17) is 23.8 Å². The normalized spacial score (nSPS) is 12.4. The number of fused-ring (bicyclic) bond motifs is 1. The average molecular weight is 269 g/mol. The monoisotopic (exact) mass is 269 g/mol. The molecule has 0 atom stereocenters. The molecule has 0 bridgehead atoms. The minimum absolute atomic E-state index is 0.0244. The van der Waals surface area contributed by atoms with E-state index in [9.17, 15) is 4.79 Å². The maximum absolute atomic E-state index is 12.3. The predicted octanol–water partition coefficient (Wildman–Crippen LogP) is 1.03. The number of hydrogen-bond donors (Lipinski definition) is 0. The van der Waals surface area contributed by atoms with Crippen LogP contribution in [0.3, 0.4) is 0 Å². The molecule has 0 unspecified atom stereocenters. The van der Waals surface area contributed by atoms with Crippen molar-refractivity contribution in [2.45, 2.75) is 0 Å². The third kappa shape index (κ3) is 2.56. The molecular weight excluding hydrogens is 254 g/mol. The number of hydrogen-bond acceptors (Lipinski definition) is 6. The van der Waals surface area contributed by atoms with Crippen LogP contribution < -0.4 is 14.2 Å². The molecule has 0 spiro atoms. The molecule has 0 aromatic heterocycles. The van der Waals surface area contributed by atoms with Crippen molar-refractivity contribution in [2.75, 3.05) is 34.9 Å². The van der Waals surface area contributed by atoms with Crippen LogP contribution in [-0.4, -0.2) is 45.8 Å². The van der Waals surface area contributed by atoms with Crippen LogP contribution in [0.15, 0.2) is 12.1 Å². The van der Waals surface area contributed by atoms with E-state index in [2.05, 4.69) is 0 Å². The number of rotatable bonds is 5. The molecule has 1 aliphatic rings. The van der Waals surface area contributed by atoms with Crippen LogP contribution in [-0.2, 0) is 9.57 Å². The Bertz CT molecular complexity index is 476. The number of benzene rings is 1. The third-order valence-corrected chi connectivity index (χ3v) is 2.61. The Morgan fingerprint density at radius 3 is 2.84 bits per heavy atom. The molecule has 19 heavy (non-hydrogen) atoms. The van der Waals surface area contributed by atoms with Gasteiger partial charge in [0.05, 0.1) is 7.11 Å². The molecule has 0 radical (unpaired) electrons. The standard InChI is InChI=1S/C12H15NO6/c1-13(16-3)12(14)10-8(17-6-15-2)4-5-9-11(10)19-7-18-9/h4-5H,6-7H2,1-3H3. The summed E-state index contributed by atoms with van der Waals surface area (Å²) in [5.74, 6) is 0.802. The summed E-state index contributed by atoms with van der Waals surface area (Å²) in [6, 6.07) is 3.31. The van der Waals surface area contributed by atoms with Crippen molar-refractivity contribution in [2.24, 2.45) is 0 Å². The fourth-order valence-electron chi connectivity index (χ4n) is 1.64. The Morgan fingerprint density at radius 1 is 1.37 bits per heavy atom. The molecule has 7 nitrogen and oxygen atoms in total. The van der Waals surface area contributed by atoms with E-state index >= 15 is 0 Å². The molecule has 1 heterocycles. The molecule has 1 aliphatic heterocycles. The van der Waals surface area contributed by atoms with Gasteiger partial charge >= 0.3 is 0 Å². The van der Waals surface area contributed by atoms with E-state index in [1.807, 2.05) is 0 Å². The van der Waals surface area contributed by atoms with Gasteiger partial charge in [-0.15, -0.1) is 0 Å².